The molecular weight excluding hydrogens is 356 g/mol. The Morgan fingerprint density at radius 3 is 2.81 bits per heavy atom. The van der Waals surface area contributed by atoms with Crippen molar-refractivity contribution in [1.82, 2.24) is 0 Å². The van der Waals surface area contributed by atoms with E-state index in [1.54, 1.807) is 30.3 Å². The molecule has 6 heteroatoms. The predicted molar refractivity (Wildman–Crippen MR) is 85.9 cm³/mol. The fourth-order valence-corrected chi connectivity index (χ4v) is 2.85. The number of benzene rings is 2. The lowest BCUT2D eigenvalue weighted by atomic mass is 10.1. The van der Waals surface area contributed by atoms with E-state index >= 15 is 0 Å². The monoisotopic (exact) mass is 364 g/mol. The molecule has 0 atom stereocenters. The lowest BCUT2D eigenvalue weighted by Crippen LogP contribution is -2.13. The summed E-state index contributed by atoms with van der Waals surface area (Å²) in [6.07, 6.45) is 0.296. The average molecular weight is 366 g/mol. The van der Waals surface area contributed by atoms with Gasteiger partial charge >= 0.3 is 0 Å². The Bertz CT molecular complexity index is 761. The van der Waals surface area contributed by atoms with Crippen molar-refractivity contribution < 1.29 is 9.59 Å². The summed E-state index contributed by atoms with van der Waals surface area (Å²) in [6.45, 7) is 0. The number of nitrogens with one attached hydrogen (secondary N) is 2. The first-order valence-corrected chi connectivity index (χ1v) is 7.40. The van der Waals surface area contributed by atoms with Crippen LogP contribution < -0.4 is 10.6 Å². The second-order valence-electron chi connectivity index (χ2n) is 4.65. The summed E-state index contributed by atoms with van der Waals surface area (Å²) in [5.74, 6) is -0.336. The summed E-state index contributed by atoms with van der Waals surface area (Å²) >= 11 is 9.49. The minimum atomic E-state index is -0.262. The molecule has 2 N–H and O–H groups in total. The van der Waals surface area contributed by atoms with Crippen LogP contribution in [0.15, 0.2) is 40.9 Å². The van der Waals surface area contributed by atoms with Crippen LogP contribution in [0.4, 0.5) is 11.4 Å². The molecule has 0 bridgehead atoms. The quantitative estimate of drug-likeness (QED) is 0.849. The van der Waals surface area contributed by atoms with Crippen LogP contribution in [0.5, 0.6) is 0 Å². The molecule has 106 valence electrons. The molecule has 0 aromatic heterocycles. The number of amides is 2. The van der Waals surface area contributed by atoms with Gasteiger partial charge in [0.2, 0.25) is 5.91 Å². The van der Waals surface area contributed by atoms with Gasteiger partial charge in [-0.15, -0.1) is 0 Å². The van der Waals surface area contributed by atoms with Crippen molar-refractivity contribution in [2.75, 3.05) is 10.6 Å². The molecule has 0 radical (unpaired) electrons. The molecular formula is C15H10BrClN2O2. The van der Waals surface area contributed by atoms with Crippen molar-refractivity contribution >= 4 is 50.7 Å². The zero-order valence-electron chi connectivity index (χ0n) is 10.7. The van der Waals surface area contributed by atoms with Crippen molar-refractivity contribution in [3.05, 3.63) is 57.0 Å². The van der Waals surface area contributed by atoms with Gasteiger partial charge in [0.05, 0.1) is 22.7 Å². The van der Waals surface area contributed by atoms with Crippen LogP contribution in [-0.4, -0.2) is 11.8 Å². The zero-order valence-corrected chi connectivity index (χ0v) is 13.1. The lowest BCUT2D eigenvalue weighted by molar-refractivity contribution is -0.115. The van der Waals surface area contributed by atoms with Gasteiger partial charge in [0, 0.05) is 10.2 Å². The van der Waals surface area contributed by atoms with Crippen LogP contribution in [0.25, 0.3) is 0 Å². The molecule has 0 unspecified atom stereocenters. The molecule has 0 spiro atoms. The summed E-state index contributed by atoms with van der Waals surface area (Å²) in [7, 11) is 0. The molecule has 1 heterocycles. The van der Waals surface area contributed by atoms with Crippen molar-refractivity contribution in [2.24, 2.45) is 0 Å². The molecule has 21 heavy (non-hydrogen) atoms. The third kappa shape index (κ3) is 2.80. The summed E-state index contributed by atoms with van der Waals surface area (Å²) in [5.41, 5.74) is 2.53. The van der Waals surface area contributed by atoms with Crippen molar-refractivity contribution in [2.45, 2.75) is 6.42 Å². The van der Waals surface area contributed by atoms with E-state index in [-0.39, 0.29) is 11.8 Å². The maximum absolute atomic E-state index is 12.3. The molecule has 2 aromatic rings. The second kappa shape index (κ2) is 5.50. The largest absolute Gasteiger partial charge is 0.325 e. The van der Waals surface area contributed by atoms with Crippen LogP contribution in [-0.2, 0) is 11.2 Å². The highest BCUT2D eigenvalue weighted by atomic mass is 79.9. The first-order valence-electron chi connectivity index (χ1n) is 6.23. The fraction of sp³-hybridized carbons (Fsp3) is 0.0667. The Hall–Kier alpha value is -1.85. The normalized spacial score (nSPS) is 12.8. The number of anilines is 2. The standard InChI is InChI=1S/C15H10BrClN2O2/c16-10-4-2-1-3-9(10)15(21)19-13-5-8-6-14(20)18-12(8)7-11(13)17/h1-5,7H,6H2,(H,18,20)(H,19,21). The molecule has 4 nitrogen and oxygen atoms in total. The van der Waals surface area contributed by atoms with E-state index in [0.29, 0.717) is 32.9 Å². The van der Waals surface area contributed by atoms with E-state index in [4.69, 9.17) is 11.6 Å². The van der Waals surface area contributed by atoms with Gasteiger partial charge in [-0.2, -0.15) is 0 Å². The van der Waals surface area contributed by atoms with E-state index in [1.807, 2.05) is 6.07 Å². The van der Waals surface area contributed by atoms with Gasteiger partial charge in [-0.3, -0.25) is 9.59 Å². The van der Waals surface area contributed by atoms with Gasteiger partial charge in [0.15, 0.2) is 0 Å². The maximum atomic E-state index is 12.3. The number of fused-ring (bicyclic) bond motifs is 1. The van der Waals surface area contributed by atoms with Crippen LogP contribution >= 0.6 is 27.5 Å². The third-order valence-electron chi connectivity index (χ3n) is 3.18. The molecule has 0 saturated heterocycles. The average Bonchev–Trinajstić information content (AvgIpc) is 2.78. The van der Waals surface area contributed by atoms with Gasteiger partial charge in [-0.05, 0) is 45.8 Å². The first kappa shape index (κ1) is 14.1. The molecule has 2 aromatic carbocycles. The van der Waals surface area contributed by atoms with E-state index in [9.17, 15) is 9.59 Å². The maximum Gasteiger partial charge on any atom is 0.256 e. The highest BCUT2D eigenvalue weighted by molar-refractivity contribution is 9.10. The fourth-order valence-electron chi connectivity index (χ4n) is 2.18. The molecule has 0 saturated carbocycles. The summed E-state index contributed by atoms with van der Waals surface area (Å²) in [5, 5.41) is 5.87. The smallest absolute Gasteiger partial charge is 0.256 e. The highest BCUT2D eigenvalue weighted by Crippen LogP contribution is 2.33. The summed E-state index contributed by atoms with van der Waals surface area (Å²) < 4.78 is 0.705. The molecule has 0 aliphatic carbocycles. The topological polar surface area (TPSA) is 58.2 Å². The number of halogens is 2. The number of rotatable bonds is 2. The Balaban J connectivity index is 1.89. The molecule has 1 aliphatic heterocycles. The predicted octanol–water partition coefficient (Wildman–Crippen LogP) is 3.85. The minimum Gasteiger partial charge on any atom is -0.325 e. The van der Waals surface area contributed by atoms with Gasteiger partial charge in [-0.25, -0.2) is 0 Å². The Morgan fingerprint density at radius 2 is 2.05 bits per heavy atom. The number of carbonyl (C=O) groups is 2. The zero-order chi connectivity index (χ0) is 15.0. The van der Waals surface area contributed by atoms with Gasteiger partial charge < -0.3 is 10.6 Å². The van der Waals surface area contributed by atoms with E-state index in [1.165, 1.54) is 0 Å². The number of carbonyl (C=O) groups excluding carboxylic acids is 2. The van der Waals surface area contributed by atoms with Crippen molar-refractivity contribution in [3.8, 4) is 0 Å². The van der Waals surface area contributed by atoms with E-state index in [2.05, 4.69) is 26.6 Å². The summed E-state index contributed by atoms with van der Waals surface area (Å²) in [4.78, 5) is 23.6. The summed E-state index contributed by atoms with van der Waals surface area (Å²) in [6, 6.07) is 10.5. The van der Waals surface area contributed by atoms with Gasteiger partial charge in [0.25, 0.3) is 5.91 Å². The Labute approximate surface area is 134 Å². The van der Waals surface area contributed by atoms with Crippen molar-refractivity contribution in [3.63, 3.8) is 0 Å². The Morgan fingerprint density at radius 1 is 1.29 bits per heavy atom. The van der Waals surface area contributed by atoms with E-state index < -0.39 is 0 Å². The second-order valence-corrected chi connectivity index (χ2v) is 5.91. The molecule has 0 fully saturated rings. The number of hydrogen-bond donors (Lipinski definition) is 2. The lowest BCUT2D eigenvalue weighted by Gasteiger charge is -2.10. The molecule has 3 rings (SSSR count). The van der Waals surface area contributed by atoms with Crippen LogP contribution in [0.2, 0.25) is 5.02 Å². The third-order valence-corrected chi connectivity index (χ3v) is 4.19. The molecule has 1 aliphatic rings. The van der Waals surface area contributed by atoms with Gasteiger partial charge in [-0.1, -0.05) is 23.7 Å². The number of hydrogen-bond acceptors (Lipinski definition) is 2. The van der Waals surface area contributed by atoms with Crippen LogP contribution in [0.1, 0.15) is 15.9 Å². The Kier molecular flexibility index (Phi) is 3.69. The minimum absolute atomic E-state index is 0.0738. The molecule has 2 amide bonds. The van der Waals surface area contributed by atoms with Crippen molar-refractivity contribution in [1.29, 1.82) is 0 Å². The van der Waals surface area contributed by atoms with Crippen LogP contribution in [0, 0.1) is 0 Å². The SMILES string of the molecule is O=C1Cc2cc(NC(=O)c3ccccc3Br)c(Cl)cc2N1. The van der Waals surface area contributed by atoms with Crippen LogP contribution in [0.3, 0.4) is 0 Å². The highest BCUT2D eigenvalue weighted by Gasteiger charge is 2.20. The van der Waals surface area contributed by atoms with Gasteiger partial charge in [0.1, 0.15) is 0 Å². The van der Waals surface area contributed by atoms with E-state index in [0.717, 1.165) is 5.56 Å². The first-order chi connectivity index (χ1) is 10.0.